The smallest absolute Gasteiger partial charge is 0.277 e. The van der Waals surface area contributed by atoms with Crippen LogP contribution in [-0.2, 0) is 10.3 Å². The van der Waals surface area contributed by atoms with Crippen LogP contribution in [0.4, 0.5) is 8.78 Å². The van der Waals surface area contributed by atoms with Gasteiger partial charge in [0.15, 0.2) is 11.4 Å². The Balaban J connectivity index is 1.92. The second kappa shape index (κ2) is 8.38. The predicted molar refractivity (Wildman–Crippen MR) is 114 cm³/mol. The Hall–Kier alpha value is -3.20. The Morgan fingerprint density at radius 2 is 1.91 bits per heavy atom. The molecule has 2 aromatic rings. The maximum absolute atomic E-state index is 13.2. The average Bonchev–Trinajstić information content (AvgIpc) is 2.78. The summed E-state index contributed by atoms with van der Waals surface area (Å²) < 4.78 is 38.3. The van der Waals surface area contributed by atoms with Gasteiger partial charge in [-0.3, -0.25) is 19.3 Å². The highest BCUT2D eigenvalue weighted by atomic mass is 19.3. The fourth-order valence-corrected chi connectivity index (χ4v) is 4.84. The molecule has 1 saturated heterocycles. The second-order valence-corrected chi connectivity index (χ2v) is 8.05. The number of methoxy groups -OCH3 is 1. The number of hydrogen-bond donors (Lipinski definition) is 0. The summed E-state index contributed by atoms with van der Waals surface area (Å²) in [7, 11) is 3.04. The van der Waals surface area contributed by atoms with Crippen LogP contribution < -0.4 is 15.2 Å². The Bertz CT molecular complexity index is 1100. The predicted octanol–water partition coefficient (Wildman–Crippen LogP) is 3.08. The molecule has 1 amide bonds. The van der Waals surface area contributed by atoms with E-state index in [1.165, 1.54) is 13.2 Å². The van der Waals surface area contributed by atoms with Crippen LogP contribution in [-0.4, -0.2) is 48.5 Å². The molecule has 0 spiro atoms. The van der Waals surface area contributed by atoms with E-state index in [0.717, 1.165) is 11.6 Å². The first-order valence-electron chi connectivity index (χ1n) is 10.4. The molecule has 1 fully saturated rings. The van der Waals surface area contributed by atoms with Gasteiger partial charge in [-0.2, -0.15) is 8.78 Å². The van der Waals surface area contributed by atoms with Crippen molar-refractivity contribution in [3.05, 3.63) is 76.2 Å². The molecule has 1 aromatic heterocycles. The second-order valence-electron chi connectivity index (χ2n) is 8.05. The number of halogens is 2. The number of hydrogen-bond acceptors (Lipinski definition) is 5. The van der Waals surface area contributed by atoms with E-state index in [4.69, 9.17) is 9.47 Å². The molecule has 9 heteroatoms. The van der Waals surface area contributed by atoms with E-state index >= 15 is 0 Å². The molecule has 4 rings (SSSR count). The van der Waals surface area contributed by atoms with Gasteiger partial charge >= 0.3 is 0 Å². The van der Waals surface area contributed by atoms with E-state index < -0.39 is 23.2 Å². The summed E-state index contributed by atoms with van der Waals surface area (Å²) >= 11 is 0. The first-order valence-corrected chi connectivity index (χ1v) is 10.4. The highest BCUT2D eigenvalue weighted by molar-refractivity contribution is 5.96. The average molecular weight is 445 g/mol. The third kappa shape index (κ3) is 3.37. The lowest BCUT2D eigenvalue weighted by molar-refractivity contribution is -0.0463. The minimum atomic E-state index is -1.80. The van der Waals surface area contributed by atoms with Crippen LogP contribution >= 0.6 is 0 Å². The number of carbonyl (C=O) groups is 1. The third-order valence-corrected chi connectivity index (χ3v) is 6.41. The summed E-state index contributed by atoms with van der Waals surface area (Å²) in [6.45, 7) is 1.73. The van der Waals surface area contributed by atoms with Crippen molar-refractivity contribution in [2.45, 2.75) is 37.6 Å². The SMILES string of the molecule is COc1c2n(ccc1=O)N1C(CC[C@H](OCC=C(F)F)[C@@]1(C)c1ccccc1)N(C)C2=O. The number of pyridine rings is 1. The number of carbonyl (C=O) groups excluding carboxylic acids is 1. The zero-order chi connectivity index (χ0) is 23.0. The molecule has 0 saturated carbocycles. The quantitative estimate of drug-likeness (QED) is 0.708. The molecule has 7 nitrogen and oxygen atoms in total. The Morgan fingerprint density at radius 3 is 2.56 bits per heavy atom. The number of amides is 1. The van der Waals surface area contributed by atoms with E-state index in [-0.39, 0.29) is 30.1 Å². The lowest BCUT2D eigenvalue weighted by Gasteiger charge is -2.59. The lowest BCUT2D eigenvalue weighted by atomic mass is 9.79. The number of piperidine rings is 1. The molecule has 1 aromatic carbocycles. The fraction of sp³-hybridized carbons (Fsp3) is 0.391. The van der Waals surface area contributed by atoms with Gasteiger partial charge in [0.25, 0.3) is 12.0 Å². The van der Waals surface area contributed by atoms with Gasteiger partial charge in [-0.05, 0) is 25.3 Å². The van der Waals surface area contributed by atoms with Gasteiger partial charge in [-0.1, -0.05) is 30.3 Å². The van der Waals surface area contributed by atoms with Crippen molar-refractivity contribution < 1.29 is 23.0 Å². The van der Waals surface area contributed by atoms with E-state index in [1.807, 2.05) is 42.3 Å². The summed E-state index contributed by atoms with van der Waals surface area (Å²) in [6, 6.07) is 10.9. The molecule has 0 N–H and O–H groups in total. The molecule has 0 bridgehead atoms. The fourth-order valence-electron chi connectivity index (χ4n) is 4.84. The summed E-state index contributed by atoms with van der Waals surface area (Å²) in [5.41, 5.74) is -0.218. The Morgan fingerprint density at radius 1 is 1.19 bits per heavy atom. The first-order chi connectivity index (χ1) is 15.3. The summed E-state index contributed by atoms with van der Waals surface area (Å²) in [5.74, 6) is -0.360. The van der Waals surface area contributed by atoms with Crippen molar-refractivity contribution in [1.82, 2.24) is 9.58 Å². The number of rotatable bonds is 5. The number of ether oxygens (including phenoxy) is 2. The molecule has 1 unspecified atom stereocenters. The van der Waals surface area contributed by atoms with Gasteiger partial charge < -0.3 is 14.4 Å². The highest BCUT2D eigenvalue weighted by Crippen LogP contribution is 2.44. The van der Waals surface area contributed by atoms with Gasteiger partial charge in [0.2, 0.25) is 5.43 Å². The molecular formula is C23H25F2N3O4. The topological polar surface area (TPSA) is 64.0 Å². The number of nitrogens with zero attached hydrogens (tertiary/aromatic N) is 3. The summed E-state index contributed by atoms with van der Waals surface area (Å²) in [6.07, 6.45) is 0.831. The largest absolute Gasteiger partial charge is 0.491 e. The molecule has 32 heavy (non-hydrogen) atoms. The van der Waals surface area contributed by atoms with Crippen LogP contribution in [0.15, 0.2) is 59.5 Å². The Labute approximate surface area is 184 Å². The molecule has 0 radical (unpaired) electrons. The molecular weight excluding hydrogens is 420 g/mol. The van der Waals surface area contributed by atoms with Crippen molar-refractivity contribution in [3.8, 4) is 5.75 Å². The van der Waals surface area contributed by atoms with Crippen LogP contribution in [0.25, 0.3) is 0 Å². The normalized spacial score (nSPS) is 24.6. The number of benzene rings is 1. The minimum Gasteiger partial charge on any atom is -0.491 e. The highest BCUT2D eigenvalue weighted by Gasteiger charge is 2.54. The van der Waals surface area contributed by atoms with Crippen LogP contribution in [0, 0.1) is 0 Å². The maximum Gasteiger partial charge on any atom is 0.277 e. The van der Waals surface area contributed by atoms with Gasteiger partial charge in [-0.25, -0.2) is 0 Å². The molecule has 2 aliphatic heterocycles. The first kappa shape index (κ1) is 22.0. The standard InChI is InChI=1S/C23H25F2N3O4/c1-23(15-7-5-4-6-8-15)17(32-14-12-18(24)25)9-10-19-26(2)22(30)20-21(31-3)16(29)11-13-27(20)28(19)23/h4-8,11-13,17,19H,9-10,14H2,1-3H3/t17-,19?,23+/m0/s1. The van der Waals surface area contributed by atoms with Crippen LogP contribution in [0.5, 0.6) is 5.75 Å². The third-order valence-electron chi connectivity index (χ3n) is 6.41. The van der Waals surface area contributed by atoms with Crippen molar-refractivity contribution in [3.63, 3.8) is 0 Å². The van der Waals surface area contributed by atoms with Crippen molar-refractivity contribution in [2.24, 2.45) is 0 Å². The van der Waals surface area contributed by atoms with E-state index in [0.29, 0.717) is 12.8 Å². The van der Waals surface area contributed by atoms with E-state index in [1.54, 1.807) is 22.8 Å². The molecule has 2 aliphatic rings. The zero-order valence-corrected chi connectivity index (χ0v) is 18.1. The van der Waals surface area contributed by atoms with Crippen LogP contribution in [0.1, 0.15) is 35.8 Å². The monoisotopic (exact) mass is 445 g/mol. The van der Waals surface area contributed by atoms with Crippen molar-refractivity contribution in [2.75, 3.05) is 25.8 Å². The van der Waals surface area contributed by atoms with Gasteiger partial charge in [0.1, 0.15) is 11.7 Å². The van der Waals surface area contributed by atoms with Gasteiger partial charge in [0.05, 0.1) is 19.8 Å². The molecule has 170 valence electrons. The lowest BCUT2D eigenvalue weighted by Crippen LogP contribution is -2.72. The van der Waals surface area contributed by atoms with Crippen molar-refractivity contribution in [1.29, 1.82) is 0 Å². The number of aromatic nitrogens is 1. The van der Waals surface area contributed by atoms with E-state index in [9.17, 15) is 18.4 Å². The van der Waals surface area contributed by atoms with Crippen molar-refractivity contribution >= 4 is 5.91 Å². The molecule has 3 atom stereocenters. The van der Waals surface area contributed by atoms with Gasteiger partial charge in [-0.15, -0.1) is 0 Å². The zero-order valence-electron chi connectivity index (χ0n) is 18.1. The Kier molecular flexibility index (Phi) is 5.77. The molecule has 0 aliphatic carbocycles. The molecule has 3 heterocycles. The van der Waals surface area contributed by atoms with Crippen LogP contribution in [0.2, 0.25) is 0 Å². The number of fused-ring (bicyclic) bond motifs is 3. The maximum atomic E-state index is 13.2. The van der Waals surface area contributed by atoms with Gasteiger partial charge in [0, 0.05) is 25.4 Å². The summed E-state index contributed by atoms with van der Waals surface area (Å²) in [4.78, 5) is 27.2. The minimum absolute atomic E-state index is 0.0383. The van der Waals surface area contributed by atoms with E-state index in [2.05, 4.69) is 0 Å². The summed E-state index contributed by atoms with van der Waals surface area (Å²) in [5, 5.41) is 1.99. The van der Waals surface area contributed by atoms with Crippen LogP contribution in [0.3, 0.4) is 0 Å².